The third-order valence-corrected chi connectivity index (χ3v) is 2.63. The Bertz CT molecular complexity index is 259. The highest BCUT2D eigenvalue weighted by Gasteiger charge is 1.94. The van der Waals surface area contributed by atoms with E-state index in [0.29, 0.717) is 6.61 Å². The molecule has 2 nitrogen and oxygen atoms in total. The number of benzene rings is 1. The topological polar surface area (TPSA) is 18.5 Å². The van der Waals surface area contributed by atoms with Gasteiger partial charge in [-0.1, -0.05) is 28.1 Å². The minimum atomic E-state index is 0.716. The summed E-state index contributed by atoms with van der Waals surface area (Å²) < 4.78 is 10.8. The van der Waals surface area contributed by atoms with Crippen molar-refractivity contribution in [1.29, 1.82) is 0 Å². The fraction of sp³-hybridized carbons (Fsp3) is 0.500. The van der Waals surface area contributed by atoms with Crippen LogP contribution in [0, 0.1) is 0 Å². The number of ether oxygens (including phenoxy) is 2. The highest BCUT2D eigenvalue weighted by molar-refractivity contribution is 9.08. The van der Waals surface area contributed by atoms with Crippen LogP contribution in [0.25, 0.3) is 0 Å². The summed E-state index contributed by atoms with van der Waals surface area (Å²) in [6.07, 6.45) is 0.939. The van der Waals surface area contributed by atoms with E-state index in [0.717, 1.165) is 30.7 Å². The molecule has 0 spiro atoms. The molecule has 0 radical (unpaired) electrons. The van der Waals surface area contributed by atoms with Crippen LogP contribution in [0.5, 0.6) is 5.75 Å². The van der Waals surface area contributed by atoms with Crippen LogP contribution in [0.1, 0.15) is 18.9 Å². The van der Waals surface area contributed by atoms with Gasteiger partial charge in [-0.2, -0.15) is 0 Å². The van der Waals surface area contributed by atoms with E-state index in [9.17, 15) is 0 Å². The van der Waals surface area contributed by atoms with E-state index in [1.165, 1.54) is 5.56 Å². The Hall–Kier alpha value is -0.540. The van der Waals surface area contributed by atoms with E-state index in [1.54, 1.807) is 0 Å². The number of hydrogen-bond donors (Lipinski definition) is 0. The van der Waals surface area contributed by atoms with Crippen LogP contribution in [0.2, 0.25) is 0 Å². The predicted molar refractivity (Wildman–Crippen MR) is 65.7 cm³/mol. The highest BCUT2D eigenvalue weighted by Crippen LogP contribution is 2.14. The van der Waals surface area contributed by atoms with Gasteiger partial charge >= 0.3 is 0 Å². The van der Waals surface area contributed by atoms with Crippen molar-refractivity contribution in [2.24, 2.45) is 0 Å². The van der Waals surface area contributed by atoms with Gasteiger partial charge in [-0.25, -0.2) is 0 Å². The number of alkyl halides is 1. The minimum absolute atomic E-state index is 0.716. The van der Waals surface area contributed by atoms with E-state index in [4.69, 9.17) is 9.47 Å². The van der Waals surface area contributed by atoms with Gasteiger partial charge in [-0.05, 0) is 24.6 Å². The molecule has 0 aromatic heterocycles. The molecule has 0 aliphatic heterocycles. The summed E-state index contributed by atoms with van der Waals surface area (Å²) in [4.78, 5) is 0. The summed E-state index contributed by atoms with van der Waals surface area (Å²) in [5.74, 6) is 0.927. The second-order valence-electron chi connectivity index (χ2n) is 3.18. The average Bonchev–Trinajstić information content (AvgIpc) is 2.30. The van der Waals surface area contributed by atoms with Crippen LogP contribution in [0.4, 0.5) is 0 Å². The van der Waals surface area contributed by atoms with Gasteiger partial charge < -0.3 is 9.47 Å². The van der Waals surface area contributed by atoms with Crippen molar-refractivity contribution < 1.29 is 9.47 Å². The third kappa shape index (κ3) is 5.19. The van der Waals surface area contributed by atoms with Gasteiger partial charge in [0.15, 0.2) is 0 Å². The Morgan fingerprint density at radius 1 is 1.13 bits per heavy atom. The standard InChI is InChI=1S/C12H17BrO2/c1-2-14-8-3-9-15-12-6-4-11(10-13)5-7-12/h4-7H,2-3,8-10H2,1H3. The average molecular weight is 273 g/mol. The van der Waals surface area contributed by atoms with E-state index >= 15 is 0 Å². The molecule has 0 bridgehead atoms. The second kappa shape index (κ2) is 7.71. The number of hydrogen-bond acceptors (Lipinski definition) is 2. The second-order valence-corrected chi connectivity index (χ2v) is 3.74. The molecule has 1 rings (SSSR count). The maximum Gasteiger partial charge on any atom is 0.119 e. The van der Waals surface area contributed by atoms with Gasteiger partial charge in [0.25, 0.3) is 0 Å². The highest BCUT2D eigenvalue weighted by atomic mass is 79.9. The molecule has 0 saturated heterocycles. The van der Waals surface area contributed by atoms with E-state index in [2.05, 4.69) is 28.1 Å². The Morgan fingerprint density at radius 3 is 2.47 bits per heavy atom. The molecular formula is C12H17BrO2. The fourth-order valence-corrected chi connectivity index (χ4v) is 1.54. The van der Waals surface area contributed by atoms with Crippen molar-refractivity contribution in [3.63, 3.8) is 0 Å². The zero-order chi connectivity index (χ0) is 10.9. The van der Waals surface area contributed by atoms with Gasteiger partial charge in [-0.3, -0.25) is 0 Å². The monoisotopic (exact) mass is 272 g/mol. The lowest BCUT2D eigenvalue weighted by Crippen LogP contribution is -2.02. The summed E-state index contributed by atoms with van der Waals surface area (Å²) in [6.45, 7) is 4.27. The van der Waals surface area contributed by atoms with E-state index < -0.39 is 0 Å². The van der Waals surface area contributed by atoms with Crippen molar-refractivity contribution >= 4 is 15.9 Å². The lowest BCUT2D eigenvalue weighted by atomic mass is 10.2. The molecule has 1 aromatic carbocycles. The summed E-state index contributed by atoms with van der Waals surface area (Å²) in [7, 11) is 0. The minimum Gasteiger partial charge on any atom is -0.494 e. The molecule has 15 heavy (non-hydrogen) atoms. The molecule has 0 amide bonds. The van der Waals surface area contributed by atoms with Crippen LogP contribution in [0.3, 0.4) is 0 Å². The smallest absolute Gasteiger partial charge is 0.119 e. The zero-order valence-corrected chi connectivity index (χ0v) is 10.6. The lowest BCUT2D eigenvalue weighted by Gasteiger charge is -2.06. The molecule has 0 N–H and O–H groups in total. The molecule has 0 unspecified atom stereocenters. The molecular weight excluding hydrogens is 256 g/mol. The van der Waals surface area contributed by atoms with Crippen molar-refractivity contribution in [1.82, 2.24) is 0 Å². The Labute approximate surface area is 99.7 Å². The summed E-state index contributed by atoms with van der Waals surface area (Å²) >= 11 is 3.41. The molecule has 0 heterocycles. The third-order valence-electron chi connectivity index (χ3n) is 1.98. The normalized spacial score (nSPS) is 10.3. The number of halogens is 1. The van der Waals surface area contributed by atoms with Gasteiger partial charge in [-0.15, -0.1) is 0 Å². The molecule has 0 aliphatic rings. The maximum atomic E-state index is 5.56. The predicted octanol–water partition coefficient (Wildman–Crippen LogP) is 3.39. The van der Waals surface area contributed by atoms with E-state index in [1.807, 2.05) is 19.1 Å². The molecule has 0 fully saturated rings. The van der Waals surface area contributed by atoms with Crippen LogP contribution >= 0.6 is 15.9 Å². The summed E-state index contributed by atoms with van der Waals surface area (Å²) in [5.41, 5.74) is 1.26. The Balaban J connectivity index is 2.20. The van der Waals surface area contributed by atoms with Crippen molar-refractivity contribution in [3.05, 3.63) is 29.8 Å². The molecule has 0 aliphatic carbocycles. The van der Waals surface area contributed by atoms with E-state index in [-0.39, 0.29) is 0 Å². The van der Waals surface area contributed by atoms with Crippen molar-refractivity contribution in [2.75, 3.05) is 19.8 Å². The van der Waals surface area contributed by atoms with Crippen LogP contribution in [-0.4, -0.2) is 19.8 Å². The van der Waals surface area contributed by atoms with Crippen molar-refractivity contribution in [2.45, 2.75) is 18.7 Å². The SMILES string of the molecule is CCOCCCOc1ccc(CBr)cc1. The van der Waals surface area contributed by atoms with Crippen molar-refractivity contribution in [3.8, 4) is 5.75 Å². The van der Waals surface area contributed by atoms with Crippen LogP contribution in [0.15, 0.2) is 24.3 Å². The molecule has 3 heteroatoms. The Kier molecular flexibility index (Phi) is 6.44. The van der Waals surface area contributed by atoms with Crippen LogP contribution < -0.4 is 4.74 Å². The molecule has 0 saturated carbocycles. The first-order valence-corrected chi connectivity index (χ1v) is 6.34. The maximum absolute atomic E-state index is 5.56. The number of rotatable bonds is 7. The summed E-state index contributed by atoms with van der Waals surface area (Å²) in [6, 6.07) is 8.12. The fourth-order valence-electron chi connectivity index (χ4n) is 1.17. The first kappa shape index (κ1) is 12.5. The quantitative estimate of drug-likeness (QED) is 0.560. The largest absolute Gasteiger partial charge is 0.494 e. The first-order chi connectivity index (χ1) is 7.36. The van der Waals surface area contributed by atoms with Crippen LogP contribution in [-0.2, 0) is 10.1 Å². The molecule has 1 aromatic rings. The van der Waals surface area contributed by atoms with Gasteiger partial charge in [0.1, 0.15) is 5.75 Å². The first-order valence-electron chi connectivity index (χ1n) is 5.22. The lowest BCUT2D eigenvalue weighted by molar-refractivity contribution is 0.131. The molecule has 0 atom stereocenters. The van der Waals surface area contributed by atoms with Gasteiger partial charge in [0.05, 0.1) is 6.61 Å². The van der Waals surface area contributed by atoms with Gasteiger partial charge in [0.2, 0.25) is 0 Å². The Morgan fingerprint density at radius 2 is 1.87 bits per heavy atom. The van der Waals surface area contributed by atoms with Gasteiger partial charge in [0, 0.05) is 25.0 Å². The zero-order valence-electron chi connectivity index (χ0n) is 9.04. The summed E-state index contributed by atoms with van der Waals surface area (Å²) in [5, 5.41) is 0.887. The molecule has 84 valence electrons.